The third-order valence-corrected chi connectivity index (χ3v) is 3.59. The molecular formula is C17H16BrFO. The number of carbonyl (C=O) groups is 1. The Morgan fingerprint density at radius 3 is 2.45 bits per heavy atom. The van der Waals surface area contributed by atoms with Crippen LogP contribution in [0.25, 0.3) is 0 Å². The molecule has 0 unspecified atom stereocenters. The maximum atomic E-state index is 13.2. The van der Waals surface area contributed by atoms with Crippen molar-refractivity contribution in [1.82, 2.24) is 0 Å². The molecular weight excluding hydrogens is 319 g/mol. The number of Topliss-reactive ketones (excluding diaryl/α,β-unsaturated/α-hetero) is 1. The van der Waals surface area contributed by atoms with Crippen LogP contribution in [0, 0.1) is 12.7 Å². The topological polar surface area (TPSA) is 17.1 Å². The first kappa shape index (κ1) is 14.9. The van der Waals surface area contributed by atoms with Crippen molar-refractivity contribution in [3.63, 3.8) is 0 Å². The number of hydrogen-bond acceptors (Lipinski definition) is 1. The van der Waals surface area contributed by atoms with E-state index in [2.05, 4.69) is 15.9 Å². The standard InChI is InChI=1S/C17H16BrFO/c1-12-2-4-13(5-3-12)6-7-17(20)10-14-8-15(18)11-16(19)9-14/h2-5,8-9,11H,6-7,10H2,1H3. The van der Waals surface area contributed by atoms with Gasteiger partial charge >= 0.3 is 0 Å². The van der Waals surface area contributed by atoms with Gasteiger partial charge in [-0.15, -0.1) is 0 Å². The number of ketones is 1. The van der Waals surface area contributed by atoms with E-state index < -0.39 is 0 Å². The monoisotopic (exact) mass is 334 g/mol. The number of benzene rings is 2. The number of halogens is 2. The van der Waals surface area contributed by atoms with Crippen LogP contribution >= 0.6 is 15.9 Å². The van der Waals surface area contributed by atoms with E-state index in [4.69, 9.17) is 0 Å². The van der Waals surface area contributed by atoms with Crippen LogP contribution in [0.1, 0.15) is 23.1 Å². The van der Waals surface area contributed by atoms with Crippen molar-refractivity contribution in [3.8, 4) is 0 Å². The highest BCUT2D eigenvalue weighted by molar-refractivity contribution is 9.10. The van der Waals surface area contributed by atoms with Gasteiger partial charge in [-0.25, -0.2) is 4.39 Å². The lowest BCUT2D eigenvalue weighted by Crippen LogP contribution is -2.04. The lowest BCUT2D eigenvalue weighted by Gasteiger charge is -2.04. The fourth-order valence-corrected chi connectivity index (χ4v) is 2.58. The highest BCUT2D eigenvalue weighted by Gasteiger charge is 2.06. The van der Waals surface area contributed by atoms with Crippen LogP contribution in [-0.2, 0) is 17.6 Å². The predicted octanol–water partition coefficient (Wildman–Crippen LogP) is 4.64. The van der Waals surface area contributed by atoms with Gasteiger partial charge in [-0.1, -0.05) is 45.8 Å². The maximum Gasteiger partial charge on any atom is 0.137 e. The quantitative estimate of drug-likeness (QED) is 0.778. The van der Waals surface area contributed by atoms with Crippen LogP contribution in [0.5, 0.6) is 0 Å². The van der Waals surface area contributed by atoms with Gasteiger partial charge < -0.3 is 0 Å². The molecule has 1 nitrogen and oxygen atoms in total. The van der Waals surface area contributed by atoms with Gasteiger partial charge in [0.25, 0.3) is 0 Å². The summed E-state index contributed by atoms with van der Waals surface area (Å²) in [6, 6.07) is 12.8. The molecule has 0 amide bonds. The molecule has 0 fully saturated rings. The first-order valence-corrected chi connectivity index (χ1v) is 7.34. The van der Waals surface area contributed by atoms with Crippen LogP contribution < -0.4 is 0 Å². The molecule has 0 aliphatic rings. The molecule has 20 heavy (non-hydrogen) atoms. The van der Waals surface area contributed by atoms with Gasteiger partial charge in [0.1, 0.15) is 11.6 Å². The summed E-state index contributed by atoms with van der Waals surface area (Å²) >= 11 is 3.23. The van der Waals surface area contributed by atoms with Crippen LogP contribution in [0.3, 0.4) is 0 Å². The summed E-state index contributed by atoms with van der Waals surface area (Å²) < 4.78 is 13.9. The lowest BCUT2D eigenvalue weighted by atomic mass is 10.0. The second-order valence-corrected chi connectivity index (χ2v) is 5.89. The molecule has 2 aromatic carbocycles. The molecule has 2 aromatic rings. The zero-order valence-corrected chi connectivity index (χ0v) is 12.9. The molecule has 104 valence electrons. The van der Waals surface area contributed by atoms with Gasteiger partial charge in [0.05, 0.1) is 0 Å². The zero-order chi connectivity index (χ0) is 14.5. The molecule has 0 radical (unpaired) electrons. The number of carbonyl (C=O) groups excluding carboxylic acids is 1. The minimum Gasteiger partial charge on any atom is -0.299 e. The normalized spacial score (nSPS) is 10.6. The van der Waals surface area contributed by atoms with Gasteiger partial charge in [-0.3, -0.25) is 4.79 Å². The SMILES string of the molecule is Cc1ccc(CCC(=O)Cc2cc(F)cc(Br)c2)cc1. The summed E-state index contributed by atoms with van der Waals surface area (Å²) in [7, 11) is 0. The highest BCUT2D eigenvalue weighted by Crippen LogP contribution is 2.16. The van der Waals surface area contributed by atoms with Gasteiger partial charge in [0.2, 0.25) is 0 Å². The van der Waals surface area contributed by atoms with E-state index in [0.29, 0.717) is 16.5 Å². The van der Waals surface area contributed by atoms with Crippen molar-refractivity contribution in [2.45, 2.75) is 26.2 Å². The van der Waals surface area contributed by atoms with Crippen LogP contribution in [0.4, 0.5) is 4.39 Å². The lowest BCUT2D eigenvalue weighted by molar-refractivity contribution is -0.118. The molecule has 0 saturated heterocycles. The summed E-state index contributed by atoms with van der Waals surface area (Å²) in [6.07, 6.45) is 1.50. The van der Waals surface area contributed by atoms with E-state index in [0.717, 1.165) is 12.0 Å². The van der Waals surface area contributed by atoms with Crippen LogP contribution in [0.2, 0.25) is 0 Å². The second-order valence-electron chi connectivity index (χ2n) is 4.98. The minimum atomic E-state index is -0.319. The Bertz CT molecular complexity index is 585. The average molecular weight is 335 g/mol. The van der Waals surface area contributed by atoms with Gasteiger partial charge in [0, 0.05) is 17.3 Å². The van der Waals surface area contributed by atoms with E-state index in [9.17, 15) is 9.18 Å². The fraction of sp³-hybridized carbons (Fsp3) is 0.235. The molecule has 0 aromatic heterocycles. The predicted molar refractivity (Wildman–Crippen MR) is 82.3 cm³/mol. The number of rotatable bonds is 5. The summed E-state index contributed by atoms with van der Waals surface area (Å²) in [5, 5.41) is 0. The minimum absolute atomic E-state index is 0.128. The van der Waals surface area contributed by atoms with E-state index in [-0.39, 0.29) is 18.0 Å². The first-order valence-electron chi connectivity index (χ1n) is 6.55. The molecule has 0 saturated carbocycles. The average Bonchev–Trinajstić information content (AvgIpc) is 2.37. The Hall–Kier alpha value is -1.48. The molecule has 0 bridgehead atoms. The highest BCUT2D eigenvalue weighted by atomic mass is 79.9. The summed E-state index contributed by atoms with van der Waals surface area (Å²) in [5.74, 6) is -0.191. The Morgan fingerprint density at radius 1 is 1.10 bits per heavy atom. The van der Waals surface area contributed by atoms with E-state index >= 15 is 0 Å². The third kappa shape index (κ3) is 4.57. The molecule has 0 aliphatic heterocycles. The first-order chi connectivity index (χ1) is 9.52. The van der Waals surface area contributed by atoms with Crippen molar-refractivity contribution >= 4 is 21.7 Å². The van der Waals surface area contributed by atoms with E-state index in [1.54, 1.807) is 6.07 Å². The zero-order valence-electron chi connectivity index (χ0n) is 11.3. The molecule has 0 atom stereocenters. The van der Waals surface area contributed by atoms with Crippen molar-refractivity contribution in [1.29, 1.82) is 0 Å². The van der Waals surface area contributed by atoms with Crippen molar-refractivity contribution in [2.75, 3.05) is 0 Å². The Balaban J connectivity index is 1.90. The molecule has 0 spiro atoms. The largest absolute Gasteiger partial charge is 0.299 e. The van der Waals surface area contributed by atoms with Gasteiger partial charge in [-0.05, 0) is 42.7 Å². The Labute approximate surface area is 127 Å². The number of aryl methyl sites for hydroxylation is 2. The molecule has 0 aliphatic carbocycles. The summed E-state index contributed by atoms with van der Waals surface area (Å²) in [5.41, 5.74) is 3.08. The van der Waals surface area contributed by atoms with E-state index in [1.807, 2.05) is 31.2 Å². The summed E-state index contributed by atoms with van der Waals surface area (Å²) in [4.78, 5) is 11.9. The van der Waals surface area contributed by atoms with Crippen molar-refractivity contribution < 1.29 is 9.18 Å². The second kappa shape index (κ2) is 6.80. The van der Waals surface area contributed by atoms with Crippen molar-refractivity contribution in [2.24, 2.45) is 0 Å². The Morgan fingerprint density at radius 2 is 1.80 bits per heavy atom. The van der Waals surface area contributed by atoms with Crippen LogP contribution in [-0.4, -0.2) is 5.78 Å². The third-order valence-electron chi connectivity index (χ3n) is 3.14. The molecule has 0 N–H and O–H groups in total. The Kier molecular flexibility index (Phi) is 5.07. The smallest absolute Gasteiger partial charge is 0.137 e. The summed E-state index contributed by atoms with van der Waals surface area (Å²) in [6.45, 7) is 2.04. The molecule has 3 heteroatoms. The van der Waals surface area contributed by atoms with Gasteiger partial charge in [-0.2, -0.15) is 0 Å². The number of hydrogen-bond donors (Lipinski definition) is 0. The fourth-order valence-electron chi connectivity index (χ4n) is 2.07. The molecule has 0 heterocycles. The van der Waals surface area contributed by atoms with Crippen molar-refractivity contribution in [3.05, 3.63) is 69.4 Å². The van der Waals surface area contributed by atoms with E-state index in [1.165, 1.54) is 17.7 Å². The molecule has 2 rings (SSSR count). The van der Waals surface area contributed by atoms with Gasteiger partial charge in [0.15, 0.2) is 0 Å². The van der Waals surface area contributed by atoms with Crippen LogP contribution in [0.15, 0.2) is 46.9 Å². The maximum absolute atomic E-state index is 13.2.